The zero-order valence-corrected chi connectivity index (χ0v) is 15.0. The molecule has 0 saturated heterocycles. The maximum atomic E-state index is 13.6. The van der Waals surface area contributed by atoms with E-state index in [2.05, 4.69) is 5.32 Å². The van der Waals surface area contributed by atoms with Gasteiger partial charge in [0.15, 0.2) is 0 Å². The van der Waals surface area contributed by atoms with E-state index >= 15 is 0 Å². The topological polar surface area (TPSA) is 58.6 Å². The molecule has 138 valence electrons. The summed E-state index contributed by atoms with van der Waals surface area (Å²) in [5.74, 6) is -0.270. The highest BCUT2D eigenvalue weighted by atomic mass is 19.1. The molecule has 0 aliphatic rings. The van der Waals surface area contributed by atoms with Gasteiger partial charge in [0.25, 0.3) is 0 Å². The van der Waals surface area contributed by atoms with Crippen LogP contribution in [0.1, 0.15) is 18.9 Å². The van der Waals surface area contributed by atoms with E-state index in [1.807, 2.05) is 0 Å². The third-order valence-corrected chi connectivity index (χ3v) is 4.02. The van der Waals surface area contributed by atoms with Gasteiger partial charge in [0, 0.05) is 13.0 Å². The molecule has 0 aromatic heterocycles. The minimum Gasteiger partial charge on any atom is -0.495 e. The van der Waals surface area contributed by atoms with Crippen LogP contribution in [0.4, 0.5) is 10.1 Å². The number of hydrogen-bond acceptors (Lipinski definition) is 3. The number of benzene rings is 2. The molecule has 2 rings (SSSR count). The summed E-state index contributed by atoms with van der Waals surface area (Å²) in [6, 6.07) is 13.4. The second kappa shape index (κ2) is 9.56. The van der Waals surface area contributed by atoms with Crippen molar-refractivity contribution in [1.82, 2.24) is 4.90 Å². The van der Waals surface area contributed by atoms with Crippen LogP contribution in [0.25, 0.3) is 0 Å². The number of nitrogens with zero attached hydrogens (tertiary/aromatic N) is 1. The highest BCUT2D eigenvalue weighted by Gasteiger charge is 2.17. The Balaban J connectivity index is 1.92. The number of hydrogen-bond donors (Lipinski definition) is 1. The van der Waals surface area contributed by atoms with Gasteiger partial charge in [-0.25, -0.2) is 4.39 Å². The van der Waals surface area contributed by atoms with Crippen LogP contribution >= 0.6 is 0 Å². The molecule has 0 aliphatic carbocycles. The first kappa shape index (κ1) is 19.4. The van der Waals surface area contributed by atoms with Crippen molar-refractivity contribution in [2.45, 2.75) is 19.8 Å². The van der Waals surface area contributed by atoms with Crippen LogP contribution in [0, 0.1) is 5.82 Å². The lowest BCUT2D eigenvalue weighted by Gasteiger charge is -2.21. The number of ether oxygens (including phenoxy) is 1. The van der Waals surface area contributed by atoms with Crippen LogP contribution in [0.2, 0.25) is 0 Å². The van der Waals surface area contributed by atoms with Crippen LogP contribution in [-0.2, 0) is 16.0 Å². The van der Waals surface area contributed by atoms with E-state index in [0.717, 1.165) is 0 Å². The number of aryl methyl sites for hydroxylation is 1. The number of amides is 2. The quantitative estimate of drug-likeness (QED) is 0.788. The van der Waals surface area contributed by atoms with E-state index in [1.165, 1.54) is 18.1 Å². The largest absolute Gasteiger partial charge is 0.495 e. The fraction of sp³-hybridized carbons (Fsp3) is 0.300. The third kappa shape index (κ3) is 5.31. The van der Waals surface area contributed by atoms with Crippen molar-refractivity contribution < 1.29 is 18.7 Å². The number of para-hydroxylation sites is 2. The van der Waals surface area contributed by atoms with Gasteiger partial charge < -0.3 is 15.0 Å². The molecule has 0 heterocycles. The van der Waals surface area contributed by atoms with Crippen LogP contribution in [0.15, 0.2) is 48.5 Å². The van der Waals surface area contributed by atoms with Gasteiger partial charge in [0.1, 0.15) is 11.6 Å². The number of halogens is 1. The second-order valence-electron chi connectivity index (χ2n) is 5.75. The van der Waals surface area contributed by atoms with E-state index in [4.69, 9.17) is 4.74 Å². The molecule has 0 fully saturated rings. The van der Waals surface area contributed by atoms with E-state index in [0.29, 0.717) is 30.0 Å². The maximum Gasteiger partial charge on any atom is 0.244 e. The summed E-state index contributed by atoms with van der Waals surface area (Å²) in [5.41, 5.74) is 1.05. The Morgan fingerprint density at radius 3 is 2.50 bits per heavy atom. The summed E-state index contributed by atoms with van der Waals surface area (Å²) < 4.78 is 18.8. The zero-order valence-electron chi connectivity index (χ0n) is 15.0. The molecule has 0 radical (unpaired) electrons. The molecule has 1 N–H and O–H groups in total. The summed E-state index contributed by atoms with van der Waals surface area (Å²) in [5, 5.41) is 2.75. The van der Waals surface area contributed by atoms with Crippen molar-refractivity contribution in [2.75, 3.05) is 25.5 Å². The minimum atomic E-state index is -0.322. The number of rotatable bonds is 8. The molecule has 2 aromatic rings. The smallest absolute Gasteiger partial charge is 0.244 e. The van der Waals surface area contributed by atoms with Gasteiger partial charge in [0.2, 0.25) is 11.8 Å². The molecule has 0 bridgehead atoms. The number of nitrogens with one attached hydrogen (secondary N) is 1. The first-order valence-electron chi connectivity index (χ1n) is 8.49. The summed E-state index contributed by atoms with van der Waals surface area (Å²) in [6.07, 6.45) is 0.451. The van der Waals surface area contributed by atoms with Gasteiger partial charge in [-0.15, -0.1) is 0 Å². The summed E-state index contributed by atoms with van der Waals surface area (Å²) in [6.45, 7) is 2.14. The van der Waals surface area contributed by atoms with Crippen LogP contribution in [0.5, 0.6) is 5.75 Å². The minimum absolute atomic E-state index is 0.0648. The molecule has 0 saturated carbocycles. The fourth-order valence-electron chi connectivity index (χ4n) is 2.59. The van der Waals surface area contributed by atoms with Gasteiger partial charge in [0.05, 0.1) is 19.3 Å². The second-order valence-corrected chi connectivity index (χ2v) is 5.75. The Labute approximate surface area is 152 Å². The van der Waals surface area contributed by atoms with Gasteiger partial charge in [-0.3, -0.25) is 9.59 Å². The van der Waals surface area contributed by atoms with Crippen LogP contribution in [0.3, 0.4) is 0 Å². The predicted molar refractivity (Wildman–Crippen MR) is 98.6 cm³/mol. The highest BCUT2D eigenvalue weighted by Crippen LogP contribution is 2.22. The van der Waals surface area contributed by atoms with Crippen molar-refractivity contribution in [3.63, 3.8) is 0 Å². The number of carbonyl (C=O) groups excluding carboxylic acids is 2. The van der Waals surface area contributed by atoms with Crippen molar-refractivity contribution in [3.8, 4) is 5.75 Å². The van der Waals surface area contributed by atoms with Crippen molar-refractivity contribution in [1.29, 1.82) is 0 Å². The Hall–Kier alpha value is -2.89. The Kier molecular flexibility index (Phi) is 7.14. The van der Waals surface area contributed by atoms with Gasteiger partial charge >= 0.3 is 0 Å². The lowest BCUT2D eigenvalue weighted by molar-refractivity contribution is -0.134. The normalized spacial score (nSPS) is 10.3. The molecule has 2 amide bonds. The van der Waals surface area contributed by atoms with Crippen molar-refractivity contribution >= 4 is 17.5 Å². The molecule has 0 atom stereocenters. The van der Waals surface area contributed by atoms with E-state index in [-0.39, 0.29) is 30.6 Å². The Bertz CT molecular complexity index is 764. The average Bonchev–Trinajstić information content (AvgIpc) is 2.65. The molecule has 6 heteroatoms. The molecule has 2 aromatic carbocycles. The number of likely N-dealkylation sites (N-methyl/N-ethyl adjacent to an activating group) is 1. The molecule has 5 nitrogen and oxygen atoms in total. The van der Waals surface area contributed by atoms with Gasteiger partial charge in [-0.2, -0.15) is 0 Å². The number of carbonyl (C=O) groups is 2. The number of methoxy groups -OCH3 is 1. The third-order valence-electron chi connectivity index (χ3n) is 4.02. The van der Waals surface area contributed by atoms with Crippen molar-refractivity contribution in [3.05, 3.63) is 59.9 Å². The molecule has 0 unspecified atom stereocenters. The standard InChI is InChI=1S/C20H23FN2O3/c1-3-23(20(25)13-12-15-8-4-5-9-16(15)21)14-19(24)22-17-10-6-7-11-18(17)26-2/h4-11H,3,12-14H2,1-2H3,(H,22,24). The summed E-state index contributed by atoms with van der Waals surface area (Å²) in [4.78, 5) is 26.1. The maximum absolute atomic E-state index is 13.6. The molecular formula is C20H23FN2O3. The first-order chi connectivity index (χ1) is 12.5. The lowest BCUT2D eigenvalue weighted by Crippen LogP contribution is -2.38. The van der Waals surface area contributed by atoms with E-state index in [9.17, 15) is 14.0 Å². The van der Waals surface area contributed by atoms with Gasteiger partial charge in [-0.1, -0.05) is 30.3 Å². The van der Waals surface area contributed by atoms with Crippen molar-refractivity contribution in [2.24, 2.45) is 0 Å². The molecule has 26 heavy (non-hydrogen) atoms. The highest BCUT2D eigenvalue weighted by molar-refractivity contribution is 5.95. The first-order valence-corrected chi connectivity index (χ1v) is 8.49. The molecule has 0 spiro atoms. The average molecular weight is 358 g/mol. The van der Waals surface area contributed by atoms with Crippen LogP contribution in [-0.4, -0.2) is 36.9 Å². The Morgan fingerprint density at radius 1 is 1.12 bits per heavy atom. The van der Waals surface area contributed by atoms with Crippen LogP contribution < -0.4 is 10.1 Å². The zero-order chi connectivity index (χ0) is 18.9. The monoisotopic (exact) mass is 358 g/mol. The van der Waals surface area contributed by atoms with Gasteiger partial charge in [-0.05, 0) is 37.1 Å². The lowest BCUT2D eigenvalue weighted by atomic mass is 10.1. The SMILES string of the molecule is CCN(CC(=O)Nc1ccccc1OC)C(=O)CCc1ccccc1F. The molecule has 0 aliphatic heterocycles. The van der Waals surface area contributed by atoms with E-state index in [1.54, 1.807) is 49.4 Å². The summed E-state index contributed by atoms with van der Waals surface area (Å²) in [7, 11) is 1.52. The summed E-state index contributed by atoms with van der Waals surface area (Å²) >= 11 is 0. The number of anilines is 1. The van der Waals surface area contributed by atoms with E-state index < -0.39 is 0 Å². The molecular weight excluding hydrogens is 335 g/mol. The predicted octanol–water partition coefficient (Wildman–Crippen LogP) is 3.25. The Morgan fingerprint density at radius 2 is 1.81 bits per heavy atom. The fourth-order valence-corrected chi connectivity index (χ4v) is 2.59.